The second-order valence-electron chi connectivity index (χ2n) is 11.9. The molecule has 0 aliphatic carbocycles. The molecule has 4 aromatic rings. The van der Waals surface area contributed by atoms with E-state index in [0.717, 1.165) is 22.3 Å². The van der Waals surface area contributed by atoms with Crippen LogP contribution in [0.3, 0.4) is 0 Å². The molecule has 0 aromatic heterocycles. The molecule has 4 aromatic carbocycles. The van der Waals surface area contributed by atoms with E-state index in [4.69, 9.17) is 0 Å². The van der Waals surface area contributed by atoms with E-state index in [9.17, 15) is 19.2 Å². The lowest BCUT2D eigenvalue weighted by atomic mass is 9.84. The van der Waals surface area contributed by atoms with E-state index in [1.54, 1.807) is 0 Å². The first kappa shape index (κ1) is 26.7. The van der Waals surface area contributed by atoms with Gasteiger partial charge < -0.3 is 0 Å². The van der Waals surface area contributed by atoms with E-state index < -0.39 is 36.0 Å². The number of imide groups is 2. The maximum Gasteiger partial charge on any atom is 0.249 e. The molecular formula is C36H30N4O4. The van der Waals surface area contributed by atoms with E-state index in [-0.39, 0.29) is 36.7 Å². The van der Waals surface area contributed by atoms with Gasteiger partial charge in [-0.3, -0.25) is 29.0 Å². The number of fused-ring (bicyclic) bond motifs is 5. The number of hydrogen-bond donors (Lipinski definition) is 0. The number of nitrogens with zero attached hydrogens (tertiary/aromatic N) is 4. The molecule has 218 valence electrons. The van der Waals surface area contributed by atoms with Gasteiger partial charge in [0.15, 0.2) is 0 Å². The molecule has 0 unspecified atom stereocenters. The van der Waals surface area contributed by atoms with Crippen LogP contribution >= 0.6 is 0 Å². The highest BCUT2D eigenvalue weighted by Crippen LogP contribution is 2.59. The van der Waals surface area contributed by atoms with Crippen molar-refractivity contribution in [1.82, 2.24) is 19.8 Å². The van der Waals surface area contributed by atoms with Crippen LogP contribution in [0, 0.1) is 11.8 Å². The Balaban J connectivity index is 1.26. The second kappa shape index (κ2) is 10.4. The zero-order valence-corrected chi connectivity index (χ0v) is 23.8. The molecule has 6 atom stereocenters. The molecule has 4 aliphatic rings. The van der Waals surface area contributed by atoms with Gasteiger partial charge in [-0.2, -0.15) is 0 Å². The predicted molar refractivity (Wildman–Crippen MR) is 161 cm³/mol. The highest BCUT2D eigenvalue weighted by Gasteiger charge is 2.73. The monoisotopic (exact) mass is 582 g/mol. The van der Waals surface area contributed by atoms with Gasteiger partial charge in [-0.05, 0) is 22.3 Å². The van der Waals surface area contributed by atoms with Crippen LogP contribution in [-0.4, -0.2) is 55.5 Å². The summed E-state index contributed by atoms with van der Waals surface area (Å²) in [5.74, 6) is -2.57. The molecule has 4 aliphatic heterocycles. The largest absolute Gasteiger partial charge is 0.276 e. The van der Waals surface area contributed by atoms with Gasteiger partial charge in [-0.25, -0.2) is 10.0 Å². The smallest absolute Gasteiger partial charge is 0.249 e. The van der Waals surface area contributed by atoms with E-state index in [2.05, 4.69) is 0 Å². The number of likely N-dealkylation sites (tertiary alicyclic amines) is 2. The minimum Gasteiger partial charge on any atom is -0.276 e. The summed E-state index contributed by atoms with van der Waals surface area (Å²) in [6.45, 7) is 0.346. The minimum absolute atomic E-state index is 0.173. The van der Waals surface area contributed by atoms with Crippen LogP contribution in [0.1, 0.15) is 34.3 Å². The lowest BCUT2D eigenvalue weighted by Gasteiger charge is -2.35. The van der Waals surface area contributed by atoms with Gasteiger partial charge in [-0.1, -0.05) is 121 Å². The normalized spacial score (nSPS) is 28.1. The van der Waals surface area contributed by atoms with E-state index in [1.165, 1.54) is 9.80 Å². The number of rotatable bonds is 6. The van der Waals surface area contributed by atoms with Crippen LogP contribution in [0.25, 0.3) is 0 Å². The summed E-state index contributed by atoms with van der Waals surface area (Å²) in [7, 11) is 0. The maximum absolute atomic E-state index is 14.3. The fourth-order valence-electron chi connectivity index (χ4n) is 7.76. The molecule has 0 radical (unpaired) electrons. The lowest BCUT2D eigenvalue weighted by molar-refractivity contribution is -0.153. The summed E-state index contributed by atoms with van der Waals surface area (Å²) in [4.78, 5) is 60.0. The summed E-state index contributed by atoms with van der Waals surface area (Å²) in [5, 5.41) is 3.85. The van der Waals surface area contributed by atoms with Gasteiger partial charge in [0.1, 0.15) is 12.1 Å². The van der Waals surface area contributed by atoms with Gasteiger partial charge in [0.2, 0.25) is 23.6 Å². The van der Waals surface area contributed by atoms with Crippen molar-refractivity contribution in [3.05, 3.63) is 144 Å². The molecule has 44 heavy (non-hydrogen) atoms. The van der Waals surface area contributed by atoms with Crippen LogP contribution in [-0.2, 0) is 32.3 Å². The van der Waals surface area contributed by atoms with Crippen molar-refractivity contribution in [1.29, 1.82) is 0 Å². The van der Waals surface area contributed by atoms with Crippen molar-refractivity contribution in [2.24, 2.45) is 11.8 Å². The summed E-state index contributed by atoms with van der Waals surface area (Å²) in [6.07, 6.45) is 0. The van der Waals surface area contributed by atoms with E-state index >= 15 is 0 Å². The first-order chi connectivity index (χ1) is 21.5. The fraction of sp³-hybridized carbons (Fsp3) is 0.222. The highest BCUT2D eigenvalue weighted by atomic mass is 16.2. The topological polar surface area (TPSA) is 81.2 Å². The third-order valence-electron chi connectivity index (χ3n) is 9.56. The number of carbonyl (C=O) groups excluding carboxylic acids is 4. The molecule has 4 heterocycles. The lowest BCUT2D eigenvalue weighted by Crippen LogP contribution is -2.49. The van der Waals surface area contributed by atoms with Crippen molar-refractivity contribution >= 4 is 23.6 Å². The number of benzene rings is 4. The first-order valence-corrected chi connectivity index (χ1v) is 15.0. The Bertz CT molecular complexity index is 1620. The Labute approximate surface area is 255 Å². The number of carbonyl (C=O) groups is 4. The third-order valence-corrected chi connectivity index (χ3v) is 9.56. The molecule has 8 rings (SSSR count). The number of hydrogen-bond acceptors (Lipinski definition) is 6. The molecule has 4 amide bonds. The van der Waals surface area contributed by atoms with Gasteiger partial charge >= 0.3 is 0 Å². The van der Waals surface area contributed by atoms with Crippen LogP contribution in [0.15, 0.2) is 121 Å². The average Bonchev–Trinajstić information content (AvgIpc) is 3.72. The Morgan fingerprint density at radius 3 is 1.05 bits per heavy atom. The quantitative estimate of drug-likeness (QED) is 0.318. The minimum atomic E-state index is -0.838. The van der Waals surface area contributed by atoms with Crippen LogP contribution < -0.4 is 0 Å². The Kier molecular flexibility index (Phi) is 6.29. The molecule has 8 nitrogen and oxygen atoms in total. The first-order valence-electron chi connectivity index (χ1n) is 15.0. The highest BCUT2D eigenvalue weighted by molar-refractivity contribution is 6.10. The molecule has 0 spiro atoms. The Morgan fingerprint density at radius 1 is 0.386 bits per heavy atom. The molecule has 0 bridgehead atoms. The SMILES string of the molecule is O=C1[C@@H]2[C@@H](C(=O)N1Cc1ccccc1)N1[C@H](c3ccccc3)[C@@H]3C(=O)N(Cc4ccccc4)C(=O)[C@@H]3N1[C@@H]2c1ccccc1. The fourth-order valence-corrected chi connectivity index (χ4v) is 7.76. The average molecular weight is 583 g/mol. The number of hydrazine groups is 1. The van der Waals surface area contributed by atoms with Crippen molar-refractivity contribution in [2.45, 2.75) is 37.3 Å². The molecule has 4 saturated heterocycles. The zero-order valence-electron chi connectivity index (χ0n) is 23.8. The number of amides is 4. The Morgan fingerprint density at radius 2 is 0.705 bits per heavy atom. The van der Waals surface area contributed by atoms with Crippen molar-refractivity contribution in [2.75, 3.05) is 0 Å². The molecular weight excluding hydrogens is 552 g/mol. The second-order valence-corrected chi connectivity index (χ2v) is 11.9. The van der Waals surface area contributed by atoms with Gasteiger partial charge in [0, 0.05) is 0 Å². The van der Waals surface area contributed by atoms with Crippen molar-refractivity contribution in [3.63, 3.8) is 0 Å². The summed E-state index contributed by atoms with van der Waals surface area (Å²) in [5.41, 5.74) is 3.40. The van der Waals surface area contributed by atoms with Crippen molar-refractivity contribution in [3.8, 4) is 0 Å². The van der Waals surface area contributed by atoms with Crippen LogP contribution in [0.2, 0.25) is 0 Å². The predicted octanol–water partition coefficient (Wildman–Crippen LogP) is 4.12. The molecule has 0 N–H and O–H groups in total. The van der Waals surface area contributed by atoms with Crippen LogP contribution in [0.4, 0.5) is 0 Å². The van der Waals surface area contributed by atoms with Gasteiger partial charge in [-0.15, -0.1) is 0 Å². The maximum atomic E-state index is 14.3. The van der Waals surface area contributed by atoms with Gasteiger partial charge in [0.25, 0.3) is 0 Å². The standard InChI is InChI=1S/C36H30N4O4/c41-33-27-29(25-17-9-3-10-18-25)40-32-28(34(42)38(36(32)44)22-24-15-7-2-8-16-24)30(26-19-11-4-12-20-26)39(40)31(27)35(43)37(33)21-23-13-5-1-6-14-23/h1-20,27-32H,21-22H2/t27-,28-,29+,30+,31-,32+/m0/s1. The van der Waals surface area contributed by atoms with Crippen molar-refractivity contribution < 1.29 is 19.2 Å². The summed E-state index contributed by atoms with van der Waals surface area (Å²) < 4.78 is 0. The molecule has 8 heteroatoms. The van der Waals surface area contributed by atoms with E-state index in [0.29, 0.717) is 0 Å². The van der Waals surface area contributed by atoms with Gasteiger partial charge in [0.05, 0.1) is 37.0 Å². The summed E-state index contributed by atoms with van der Waals surface area (Å²) >= 11 is 0. The zero-order chi connectivity index (χ0) is 29.9. The molecule has 4 fully saturated rings. The Hall–Kier alpha value is -4.92. The van der Waals surface area contributed by atoms with Crippen LogP contribution in [0.5, 0.6) is 0 Å². The summed E-state index contributed by atoms with van der Waals surface area (Å²) in [6, 6.07) is 35.3. The van der Waals surface area contributed by atoms with E-state index in [1.807, 2.05) is 131 Å². The third kappa shape index (κ3) is 3.91. The molecule has 0 saturated carbocycles.